The summed E-state index contributed by atoms with van der Waals surface area (Å²) >= 11 is 1.67. The quantitative estimate of drug-likeness (QED) is 0.882. The van der Waals surface area contributed by atoms with Crippen LogP contribution >= 0.6 is 11.3 Å². The minimum Gasteiger partial charge on any atom is -0.326 e. The van der Waals surface area contributed by atoms with Gasteiger partial charge in [0.1, 0.15) is 0 Å². The van der Waals surface area contributed by atoms with Crippen LogP contribution in [0.5, 0.6) is 0 Å². The van der Waals surface area contributed by atoms with E-state index in [0.29, 0.717) is 0 Å². The van der Waals surface area contributed by atoms with Gasteiger partial charge in [0.05, 0.1) is 10.7 Å². The van der Waals surface area contributed by atoms with E-state index in [2.05, 4.69) is 21.0 Å². The Balaban J connectivity index is 1.81. The Kier molecular flexibility index (Phi) is 4.65. The van der Waals surface area contributed by atoms with Crippen molar-refractivity contribution in [3.05, 3.63) is 45.9 Å². The number of nitrogens with zero attached hydrogens (tertiary/aromatic N) is 1. The van der Waals surface area contributed by atoms with Crippen LogP contribution in [0.1, 0.15) is 23.2 Å². The summed E-state index contributed by atoms with van der Waals surface area (Å²) in [6.45, 7) is 5.08. The fourth-order valence-corrected chi connectivity index (χ4v) is 2.35. The number of rotatable bonds is 5. The molecule has 0 radical (unpaired) electrons. The Hall–Kier alpha value is -1.72. The van der Waals surface area contributed by atoms with Crippen molar-refractivity contribution >= 4 is 22.9 Å². The zero-order valence-corrected chi connectivity index (χ0v) is 11.9. The molecular formula is C14H17N3OS. The second-order valence-corrected chi connectivity index (χ2v) is 5.40. The molecule has 2 N–H and O–H groups in total. The summed E-state index contributed by atoms with van der Waals surface area (Å²) in [5.41, 5.74) is 3.09. The second kappa shape index (κ2) is 6.45. The average molecular weight is 275 g/mol. The van der Waals surface area contributed by atoms with E-state index in [1.54, 1.807) is 11.3 Å². The SMILES string of the molecule is CC(=O)Nc1ccc(CNCc2csc(C)n2)cc1. The van der Waals surface area contributed by atoms with E-state index < -0.39 is 0 Å². The van der Waals surface area contributed by atoms with Gasteiger partial charge in [-0.15, -0.1) is 11.3 Å². The fraction of sp³-hybridized carbons (Fsp3) is 0.286. The molecule has 0 spiro atoms. The van der Waals surface area contributed by atoms with E-state index >= 15 is 0 Å². The van der Waals surface area contributed by atoms with Gasteiger partial charge in [0.2, 0.25) is 5.91 Å². The molecule has 4 nitrogen and oxygen atoms in total. The highest BCUT2D eigenvalue weighted by atomic mass is 32.1. The van der Waals surface area contributed by atoms with Crippen LogP contribution in [-0.4, -0.2) is 10.9 Å². The fourth-order valence-electron chi connectivity index (χ4n) is 1.73. The average Bonchev–Trinajstić information content (AvgIpc) is 2.77. The largest absolute Gasteiger partial charge is 0.326 e. The molecule has 1 aromatic carbocycles. The monoisotopic (exact) mass is 275 g/mol. The molecule has 0 unspecified atom stereocenters. The van der Waals surface area contributed by atoms with Crippen molar-refractivity contribution in [3.63, 3.8) is 0 Å². The maximum Gasteiger partial charge on any atom is 0.221 e. The van der Waals surface area contributed by atoms with Gasteiger partial charge >= 0.3 is 0 Å². The highest BCUT2D eigenvalue weighted by Gasteiger charge is 1.99. The number of hydrogen-bond donors (Lipinski definition) is 2. The first kappa shape index (κ1) is 13.7. The van der Waals surface area contributed by atoms with E-state index in [4.69, 9.17) is 0 Å². The van der Waals surface area contributed by atoms with Gasteiger partial charge in [-0.25, -0.2) is 4.98 Å². The lowest BCUT2D eigenvalue weighted by atomic mass is 10.2. The maximum absolute atomic E-state index is 10.9. The van der Waals surface area contributed by atoms with Crippen LogP contribution < -0.4 is 10.6 Å². The van der Waals surface area contributed by atoms with Crippen molar-refractivity contribution in [1.82, 2.24) is 10.3 Å². The van der Waals surface area contributed by atoms with Crippen molar-refractivity contribution in [2.75, 3.05) is 5.32 Å². The molecule has 1 aromatic heterocycles. The number of thiazole rings is 1. The number of anilines is 1. The van der Waals surface area contributed by atoms with Crippen LogP contribution in [-0.2, 0) is 17.9 Å². The molecule has 0 aliphatic heterocycles. The predicted octanol–water partition coefficient (Wildman–Crippen LogP) is 2.70. The zero-order valence-electron chi connectivity index (χ0n) is 11.1. The minimum absolute atomic E-state index is 0.0511. The molecule has 0 atom stereocenters. The Morgan fingerprint density at radius 3 is 2.58 bits per heavy atom. The molecule has 0 saturated carbocycles. The van der Waals surface area contributed by atoms with Crippen molar-refractivity contribution in [1.29, 1.82) is 0 Å². The van der Waals surface area contributed by atoms with Crippen molar-refractivity contribution < 1.29 is 4.79 Å². The number of carbonyl (C=O) groups is 1. The van der Waals surface area contributed by atoms with E-state index in [9.17, 15) is 4.79 Å². The molecule has 0 aliphatic rings. The first-order valence-electron chi connectivity index (χ1n) is 6.12. The first-order chi connectivity index (χ1) is 9.13. The molecule has 1 heterocycles. The minimum atomic E-state index is -0.0511. The van der Waals surface area contributed by atoms with Gasteiger partial charge in [-0.3, -0.25) is 4.79 Å². The third-order valence-corrected chi connectivity index (χ3v) is 3.40. The summed E-state index contributed by atoms with van der Waals surface area (Å²) in [4.78, 5) is 15.3. The highest BCUT2D eigenvalue weighted by Crippen LogP contribution is 2.10. The summed E-state index contributed by atoms with van der Waals surface area (Å²) in [7, 11) is 0. The van der Waals surface area contributed by atoms with Gasteiger partial charge in [-0.1, -0.05) is 12.1 Å². The Morgan fingerprint density at radius 1 is 1.26 bits per heavy atom. The molecule has 0 aliphatic carbocycles. The number of hydrogen-bond acceptors (Lipinski definition) is 4. The number of aromatic nitrogens is 1. The molecule has 2 rings (SSSR count). The molecule has 0 bridgehead atoms. The van der Waals surface area contributed by atoms with E-state index in [-0.39, 0.29) is 5.91 Å². The predicted molar refractivity (Wildman–Crippen MR) is 78.1 cm³/mol. The molecule has 1 amide bonds. The van der Waals surface area contributed by atoms with Gasteiger partial charge in [0.25, 0.3) is 0 Å². The number of benzene rings is 1. The molecule has 0 saturated heterocycles. The van der Waals surface area contributed by atoms with E-state index in [1.807, 2.05) is 31.2 Å². The van der Waals surface area contributed by atoms with Crippen molar-refractivity contribution in [2.24, 2.45) is 0 Å². The number of amides is 1. The Labute approximate surface area is 116 Å². The van der Waals surface area contributed by atoms with Crippen LogP contribution in [0.4, 0.5) is 5.69 Å². The van der Waals surface area contributed by atoms with Crippen molar-refractivity contribution in [2.45, 2.75) is 26.9 Å². The molecule has 0 fully saturated rings. The smallest absolute Gasteiger partial charge is 0.221 e. The summed E-state index contributed by atoms with van der Waals surface area (Å²) in [6.07, 6.45) is 0. The zero-order chi connectivity index (χ0) is 13.7. The normalized spacial score (nSPS) is 10.4. The molecule has 19 heavy (non-hydrogen) atoms. The third-order valence-electron chi connectivity index (χ3n) is 2.58. The molecule has 5 heteroatoms. The highest BCUT2D eigenvalue weighted by molar-refractivity contribution is 7.09. The molecular weight excluding hydrogens is 258 g/mol. The van der Waals surface area contributed by atoms with E-state index in [0.717, 1.165) is 29.5 Å². The van der Waals surface area contributed by atoms with Crippen LogP contribution in [0.2, 0.25) is 0 Å². The lowest BCUT2D eigenvalue weighted by Crippen LogP contribution is -2.13. The van der Waals surface area contributed by atoms with Gasteiger partial charge in [-0.05, 0) is 24.6 Å². The summed E-state index contributed by atoms with van der Waals surface area (Å²) in [5, 5.41) is 9.26. The molecule has 100 valence electrons. The summed E-state index contributed by atoms with van der Waals surface area (Å²) in [6, 6.07) is 7.83. The molecule has 2 aromatic rings. The van der Waals surface area contributed by atoms with Gasteiger partial charge in [0.15, 0.2) is 0 Å². The van der Waals surface area contributed by atoms with Crippen LogP contribution in [0.15, 0.2) is 29.6 Å². The summed E-state index contributed by atoms with van der Waals surface area (Å²) in [5.74, 6) is -0.0511. The lowest BCUT2D eigenvalue weighted by molar-refractivity contribution is -0.114. The van der Waals surface area contributed by atoms with Crippen molar-refractivity contribution in [3.8, 4) is 0 Å². The Morgan fingerprint density at radius 2 is 2.00 bits per heavy atom. The third kappa shape index (κ3) is 4.46. The van der Waals surface area contributed by atoms with Crippen LogP contribution in [0.3, 0.4) is 0 Å². The van der Waals surface area contributed by atoms with E-state index in [1.165, 1.54) is 12.5 Å². The lowest BCUT2D eigenvalue weighted by Gasteiger charge is -2.05. The maximum atomic E-state index is 10.9. The van der Waals surface area contributed by atoms with Crippen LogP contribution in [0.25, 0.3) is 0 Å². The first-order valence-corrected chi connectivity index (χ1v) is 7.00. The van der Waals surface area contributed by atoms with Gasteiger partial charge in [-0.2, -0.15) is 0 Å². The number of aryl methyl sites for hydroxylation is 1. The summed E-state index contributed by atoms with van der Waals surface area (Å²) < 4.78 is 0. The Bertz CT molecular complexity index is 548. The number of carbonyl (C=O) groups excluding carboxylic acids is 1. The standard InChI is InChI=1S/C14H17N3OS/c1-10(18)16-13-5-3-12(4-6-13)7-15-8-14-9-19-11(2)17-14/h3-6,9,15H,7-8H2,1-2H3,(H,16,18). The second-order valence-electron chi connectivity index (χ2n) is 4.34. The van der Waals surface area contributed by atoms with Gasteiger partial charge < -0.3 is 10.6 Å². The van der Waals surface area contributed by atoms with Gasteiger partial charge in [0, 0.05) is 31.1 Å². The van der Waals surface area contributed by atoms with Crippen LogP contribution in [0, 0.1) is 6.92 Å². The topological polar surface area (TPSA) is 54.0 Å². The number of nitrogens with one attached hydrogen (secondary N) is 2.